The van der Waals surface area contributed by atoms with E-state index >= 15 is 0 Å². The molecule has 2 aromatic carbocycles. The number of nitrogens with one attached hydrogen (secondary N) is 2. The molecule has 3 amide bonds. The summed E-state index contributed by atoms with van der Waals surface area (Å²) in [6.45, 7) is 0. The number of anilines is 2. The van der Waals surface area contributed by atoms with Gasteiger partial charge in [-0.15, -0.1) is 0 Å². The van der Waals surface area contributed by atoms with Gasteiger partial charge in [0.1, 0.15) is 0 Å². The summed E-state index contributed by atoms with van der Waals surface area (Å²) < 4.78 is 0. The maximum atomic E-state index is 13.9. The van der Waals surface area contributed by atoms with E-state index in [9.17, 15) is 14.4 Å². The highest BCUT2D eigenvalue weighted by atomic mass is 16.2. The van der Waals surface area contributed by atoms with Crippen molar-refractivity contribution in [1.29, 1.82) is 0 Å². The molecule has 5 rings (SSSR count). The minimum absolute atomic E-state index is 0.109. The van der Waals surface area contributed by atoms with E-state index in [-0.39, 0.29) is 48.2 Å². The minimum Gasteiger partial charge on any atom is -0.349 e. The molecule has 2 aliphatic carbocycles. The van der Waals surface area contributed by atoms with Gasteiger partial charge in [0.25, 0.3) is 11.8 Å². The molecule has 2 saturated carbocycles. The van der Waals surface area contributed by atoms with Crippen LogP contribution < -0.4 is 21.3 Å². The number of carbonyl (C=O) groups excluding carboxylic acids is 3. The lowest BCUT2D eigenvalue weighted by Gasteiger charge is -2.37. The van der Waals surface area contributed by atoms with E-state index in [0.717, 1.165) is 51.4 Å². The topological polar surface area (TPSA) is 105 Å². The van der Waals surface area contributed by atoms with Crippen LogP contribution in [0.15, 0.2) is 48.5 Å². The molecular weight excluding hydrogens is 452 g/mol. The Hall–Kier alpha value is -3.19. The van der Waals surface area contributed by atoms with Crippen LogP contribution in [-0.4, -0.2) is 35.8 Å². The molecule has 1 heterocycles. The van der Waals surface area contributed by atoms with Crippen molar-refractivity contribution in [2.45, 2.75) is 82.3 Å². The number of benzene rings is 2. The fraction of sp³-hybridized carbons (Fsp3) is 0.483. The largest absolute Gasteiger partial charge is 0.349 e. The molecule has 7 heteroatoms. The minimum atomic E-state index is -0.217. The van der Waals surface area contributed by atoms with Gasteiger partial charge in [-0.05, 0) is 74.8 Å². The van der Waals surface area contributed by atoms with E-state index in [1.54, 1.807) is 12.1 Å². The Kier molecular flexibility index (Phi) is 7.37. The van der Waals surface area contributed by atoms with Crippen molar-refractivity contribution in [3.05, 3.63) is 59.7 Å². The lowest BCUT2D eigenvalue weighted by atomic mass is 9.81. The molecule has 2 fully saturated rings. The van der Waals surface area contributed by atoms with Gasteiger partial charge in [0.2, 0.25) is 5.91 Å². The average molecular weight is 489 g/mol. The molecule has 3 aliphatic rings. The number of rotatable bonds is 4. The Bertz CT molecular complexity index is 1100. The number of nitrogens with two attached hydrogens (primary N) is 1. The molecule has 0 radical (unpaired) electrons. The summed E-state index contributed by atoms with van der Waals surface area (Å²) in [5, 5.41) is 6.13. The first-order valence-electron chi connectivity index (χ1n) is 13.4. The molecule has 1 unspecified atom stereocenters. The SMILES string of the molecule is NC1CCC(NC(=O)c2ccc3c(c2)NC(=O)CC(C2CCCCC2)N3C(=O)c2ccccc2)CC1. The summed E-state index contributed by atoms with van der Waals surface area (Å²) in [6, 6.07) is 14.7. The van der Waals surface area contributed by atoms with E-state index in [0.29, 0.717) is 22.5 Å². The van der Waals surface area contributed by atoms with Crippen LogP contribution in [0.5, 0.6) is 0 Å². The second-order valence-electron chi connectivity index (χ2n) is 10.6. The number of carbonyl (C=O) groups is 3. The Balaban J connectivity index is 1.47. The lowest BCUT2D eigenvalue weighted by molar-refractivity contribution is -0.116. The monoisotopic (exact) mass is 488 g/mol. The highest BCUT2D eigenvalue weighted by Crippen LogP contribution is 2.39. The third-order valence-corrected chi connectivity index (χ3v) is 8.06. The first-order chi connectivity index (χ1) is 17.5. The van der Waals surface area contributed by atoms with Crippen molar-refractivity contribution in [1.82, 2.24) is 5.32 Å². The van der Waals surface area contributed by atoms with Crippen LogP contribution in [0.25, 0.3) is 0 Å². The molecule has 190 valence electrons. The second kappa shape index (κ2) is 10.8. The molecular formula is C29H36N4O3. The summed E-state index contributed by atoms with van der Waals surface area (Å²) in [5.74, 6) is -0.126. The quantitative estimate of drug-likeness (QED) is 0.584. The van der Waals surface area contributed by atoms with Gasteiger partial charge in [-0.3, -0.25) is 14.4 Å². The number of fused-ring (bicyclic) bond motifs is 1. The number of hydrogen-bond donors (Lipinski definition) is 3. The highest BCUT2D eigenvalue weighted by molar-refractivity contribution is 6.12. The van der Waals surface area contributed by atoms with Crippen LogP contribution in [0.3, 0.4) is 0 Å². The molecule has 0 bridgehead atoms. The summed E-state index contributed by atoms with van der Waals surface area (Å²) in [6.07, 6.45) is 9.27. The fourth-order valence-corrected chi connectivity index (χ4v) is 6.06. The fourth-order valence-electron chi connectivity index (χ4n) is 6.06. The zero-order chi connectivity index (χ0) is 25.1. The highest BCUT2D eigenvalue weighted by Gasteiger charge is 2.38. The second-order valence-corrected chi connectivity index (χ2v) is 10.6. The van der Waals surface area contributed by atoms with Gasteiger partial charge < -0.3 is 21.3 Å². The molecule has 1 atom stereocenters. The van der Waals surface area contributed by atoms with Gasteiger partial charge in [-0.1, -0.05) is 37.5 Å². The maximum absolute atomic E-state index is 13.9. The van der Waals surface area contributed by atoms with Crippen LogP contribution in [0.1, 0.15) is 84.9 Å². The van der Waals surface area contributed by atoms with Crippen molar-refractivity contribution < 1.29 is 14.4 Å². The Morgan fingerprint density at radius 1 is 0.889 bits per heavy atom. The van der Waals surface area contributed by atoms with Crippen LogP contribution in [-0.2, 0) is 4.79 Å². The third-order valence-electron chi connectivity index (χ3n) is 8.06. The molecule has 7 nitrogen and oxygen atoms in total. The van der Waals surface area contributed by atoms with Crippen LogP contribution in [0.2, 0.25) is 0 Å². The summed E-state index contributed by atoms with van der Waals surface area (Å²) in [4.78, 5) is 41.8. The van der Waals surface area contributed by atoms with Crippen LogP contribution in [0.4, 0.5) is 11.4 Å². The molecule has 0 saturated heterocycles. The van der Waals surface area contributed by atoms with Crippen molar-refractivity contribution in [2.24, 2.45) is 11.7 Å². The zero-order valence-electron chi connectivity index (χ0n) is 20.7. The van der Waals surface area contributed by atoms with Crippen LogP contribution in [0, 0.1) is 5.92 Å². The molecule has 36 heavy (non-hydrogen) atoms. The average Bonchev–Trinajstić information content (AvgIpc) is 3.05. The number of amides is 3. The Labute approximate surface area is 212 Å². The van der Waals surface area contributed by atoms with E-state index in [1.807, 2.05) is 41.3 Å². The van der Waals surface area contributed by atoms with Gasteiger partial charge in [-0.2, -0.15) is 0 Å². The predicted octanol–water partition coefficient (Wildman–Crippen LogP) is 4.62. The normalized spacial score (nSPS) is 24.9. The van der Waals surface area contributed by atoms with Gasteiger partial charge in [0, 0.05) is 35.7 Å². The van der Waals surface area contributed by atoms with Gasteiger partial charge in [0.15, 0.2) is 0 Å². The predicted molar refractivity (Wildman–Crippen MR) is 141 cm³/mol. The van der Waals surface area contributed by atoms with Crippen molar-refractivity contribution in [2.75, 3.05) is 10.2 Å². The first kappa shape index (κ1) is 24.5. The Morgan fingerprint density at radius 2 is 1.61 bits per heavy atom. The molecule has 2 aromatic rings. The van der Waals surface area contributed by atoms with Gasteiger partial charge in [-0.25, -0.2) is 0 Å². The summed E-state index contributed by atoms with van der Waals surface area (Å²) in [5.41, 5.74) is 8.25. The third kappa shape index (κ3) is 5.31. The summed E-state index contributed by atoms with van der Waals surface area (Å²) >= 11 is 0. The molecule has 4 N–H and O–H groups in total. The smallest absolute Gasteiger partial charge is 0.258 e. The number of hydrogen-bond acceptors (Lipinski definition) is 4. The van der Waals surface area contributed by atoms with Gasteiger partial charge >= 0.3 is 0 Å². The van der Waals surface area contributed by atoms with Gasteiger partial charge in [0.05, 0.1) is 11.4 Å². The lowest BCUT2D eigenvalue weighted by Crippen LogP contribution is -2.46. The van der Waals surface area contributed by atoms with E-state index < -0.39 is 0 Å². The van der Waals surface area contributed by atoms with E-state index in [2.05, 4.69) is 10.6 Å². The van der Waals surface area contributed by atoms with Crippen molar-refractivity contribution in [3.63, 3.8) is 0 Å². The first-order valence-corrected chi connectivity index (χ1v) is 13.4. The van der Waals surface area contributed by atoms with E-state index in [1.165, 1.54) is 6.42 Å². The number of nitrogens with zero attached hydrogens (tertiary/aromatic N) is 1. The Morgan fingerprint density at radius 3 is 2.33 bits per heavy atom. The zero-order valence-corrected chi connectivity index (χ0v) is 20.7. The van der Waals surface area contributed by atoms with Crippen molar-refractivity contribution >= 4 is 29.1 Å². The van der Waals surface area contributed by atoms with E-state index in [4.69, 9.17) is 5.73 Å². The van der Waals surface area contributed by atoms with Crippen LogP contribution >= 0.6 is 0 Å². The molecule has 0 spiro atoms. The summed E-state index contributed by atoms with van der Waals surface area (Å²) in [7, 11) is 0. The van der Waals surface area contributed by atoms with Crippen molar-refractivity contribution in [3.8, 4) is 0 Å². The standard InChI is InChI=1S/C29H36N4O3/c30-22-12-14-23(15-13-22)31-28(35)21-11-16-25-24(17-21)32-27(34)18-26(19-7-3-1-4-8-19)33(25)29(36)20-9-5-2-6-10-20/h2,5-6,9-11,16-17,19,22-23,26H,1,3-4,7-8,12-15,18,30H2,(H,31,35)(H,32,34). The molecule has 1 aliphatic heterocycles. The maximum Gasteiger partial charge on any atom is 0.258 e. The molecule has 0 aromatic heterocycles.